The number of rotatable bonds is 5. The molecule has 0 aromatic heterocycles. The van der Waals surface area contributed by atoms with Crippen molar-refractivity contribution in [1.29, 1.82) is 0 Å². The summed E-state index contributed by atoms with van der Waals surface area (Å²) in [6, 6.07) is 15.3. The highest BCUT2D eigenvalue weighted by Gasteiger charge is 2.20. The minimum atomic E-state index is -0.152. The number of ether oxygens (including phenoxy) is 1. The molecule has 7 nitrogen and oxygen atoms in total. The quantitative estimate of drug-likeness (QED) is 0.268. The van der Waals surface area contributed by atoms with Crippen LogP contribution >= 0.6 is 24.0 Å². The average molecular weight is 533 g/mol. The number of nitrogens with one attached hydrogen (secondary N) is 2. The number of piperazine rings is 1. The number of terminal acetylenes is 1. The summed E-state index contributed by atoms with van der Waals surface area (Å²) in [6.07, 6.45) is 5.40. The first-order chi connectivity index (χ1) is 14.6. The average Bonchev–Trinajstić information content (AvgIpc) is 2.80. The number of anilines is 2. The lowest BCUT2D eigenvalue weighted by atomic mass is 10.2. The Kier molecular flexibility index (Phi) is 9.46. The maximum absolute atomic E-state index is 12.3. The van der Waals surface area contributed by atoms with Crippen molar-refractivity contribution >= 4 is 47.2 Å². The van der Waals surface area contributed by atoms with Crippen molar-refractivity contribution in [2.45, 2.75) is 0 Å². The van der Waals surface area contributed by atoms with Crippen LogP contribution in [0.1, 0.15) is 5.56 Å². The second kappa shape index (κ2) is 12.1. The van der Waals surface area contributed by atoms with E-state index in [1.807, 2.05) is 36.4 Å². The van der Waals surface area contributed by atoms with E-state index in [1.165, 1.54) is 0 Å². The first kappa shape index (κ1) is 24.3. The number of methoxy groups -OCH3 is 1. The molecule has 2 aromatic rings. The Labute approximate surface area is 200 Å². The van der Waals surface area contributed by atoms with Gasteiger partial charge in [-0.1, -0.05) is 18.1 Å². The molecule has 3 rings (SSSR count). The predicted octanol–water partition coefficient (Wildman–Crippen LogP) is 2.63. The molecule has 1 heterocycles. The van der Waals surface area contributed by atoms with Crippen molar-refractivity contribution < 1.29 is 9.53 Å². The fourth-order valence-electron chi connectivity index (χ4n) is 3.37. The highest BCUT2D eigenvalue weighted by Crippen LogP contribution is 2.22. The van der Waals surface area contributed by atoms with E-state index in [2.05, 4.69) is 37.4 Å². The Morgan fingerprint density at radius 1 is 1.16 bits per heavy atom. The van der Waals surface area contributed by atoms with Crippen molar-refractivity contribution in [2.75, 3.05) is 57.1 Å². The maximum Gasteiger partial charge on any atom is 0.243 e. The van der Waals surface area contributed by atoms with Gasteiger partial charge >= 0.3 is 0 Å². The van der Waals surface area contributed by atoms with Crippen LogP contribution < -0.4 is 20.3 Å². The summed E-state index contributed by atoms with van der Waals surface area (Å²) in [7, 11) is 3.40. The second-order valence-corrected chi connectivity index (χ2v) is 6.85. The van der Waals surface area contributed by atoms with Gasteiger partial charge in [0.1, 0.15) is 5.75 Å². The van der Waals surface area contributed by atoms with Gasteiger partial charge in [-0.3, -0.25) is 9.79 Å². The molecular weight excluding hydrogens is 505 g/mol. The molecule has 0 saturated carbocycles. The van der Waals surface area contributed by atoms with Gasteiger partial charge in [-0.05, 0) is 30.3 Å². The zero-order valence-corrected chi connectivity index (χ0v) is 20.1. The summed E-state index contributed by atoms with van der Waals surface area (Å²) in [5, 5.41) is 5.99. The van der Waals surface area contributed by atoms with Gasteiger partial charge in [0.2, 0.25) is 5.91 Å². The van der Waals surface area contributed by atoms with E-state index in [0.29, 0.717) is 11.6 Å². The minimum absolute atomic E-state index is 0. The molecule has 164 valence electrons. The molecule has 2 aromatic carbocycles. The first-order valence-electron chi connectivity index (χ1n) is 9.84. The van der Waals surface area contributed by atoms with E-state index in [-0.39, 0.29) is 36.4 Å². The van der Waals surface area contributed by atoms with Gasteiger partial charge in [0.25, 0.3) is 0 Å². The molecule has 1 aliphatic heterocycles. The molecule has 1 fully saturated rings. The van der Waals surface area contributed by atoms with Crippen LogP contribution in [0.3, 0.4) is 0 Å². The summed E-state index contributed by atoms with van der Waals surface area (Å²) in [4.78, 5) is 21.1. The highest BCUT2D eigenvalue weighted by atomic mass is 127. The summed E-state index contributed by atoms with van der Waals surface area (Å²) < 4.78 is 5.32. The van der Waals surface area contributed by atoms with E-state index < -0.39 is 0 Å². The van der Waals surface area contributed by atoms with Crippen molar-refractivity contribution in [3.63, 3.8) is 0 Å². The highest BCUT2D eigenvalue weighted by molar-refractivity contribution is 14.0. The van der Waals surface area contributed by atoms with Gasteiger partial charge in [0.15, 0.2) is 5.96 Å². The summed E-state index contributed by atoms with van der Waals surface area (Å²) >= 11 is 0. The van der Waals surface area contributed by atoms with Crippen molar-refractivity contribution in [2.24, 2.45) is 4.99 Å². The molecular formula is C23H28IN5O2. The molecule has 8 heteroatoms. The van der Waals surface area contributed by atoms with E-state index in [9.17, 15) is 4.79 Å². The number of halogens is 1. The smallest absolute Gasteiger partial charge is 0.243 e. The van der Waals surface area contributed by atoms with Crippen LogP contribution in [-0.4, -0.2) is 63.6 Å². The number of hydrogen-bond donors (Lipinski definition) is 2. The van der Waals surface area contributed by atoms with Crippen LogP contribution in [0, 0.1) is 12.3 Å². The second-order valence-electron chi connectivity index (χ2n) is 6.85. The standard InChI is InChI=1S/C23H27N5O2.HI/c1-4-18-7-5-8-19(15-18)26-22(29)17-25-23(24-2)28-13-11-27(12-14-28)20-9-6-10-21(16-20)30-3;/h1,5-10,15-16H,11-14,17H2,2-3H3,(H,24,25)(H,26,29);1H. The fraction of sp³-hybridized carbons (Fsp3) is 0.304. The number of benzene rings is 2. The van der Waals surface area contributed by atoms with Gasteiger partial charge in [0.05, 0.1) is 13.7 Å². The van der Waals surface area contributed by atoms with Gasteiger partial charge in [0, 0.05) is 56.2 Å². The summed E-state index contributed by atoms with van der Waals surface area (Å²) in [6.45, 7) is 3.46. The minimum Gasteiger partial charge on any atom is -0.497 e. The van der Waals surface area contributed by atoms with E-state index >= 15 is 0 Å². The number of amides is 1. The molecule has 0 bridgehead atoms. The van der Waals surface area contributed by atoms with Crippen LogP contribution in [0.15, 0.2) is 53.5 Å². The Hall–Kier alpha value is -2.93. The van der Waals surface area contributed by atoms with Crippen LogP contribution in [0.5, 0.6) is 5.75 Å². The third-order valence-corrected chi connectivity index (χ3v) is 4.93. The predicted molar refractivity (Wildman–Crippen MR) is 137 cm³/mol. The Bertz CT molecular complexity index is 949. The van der Waals surface area contributed by atoms with Crippen LogP contribution in [0.4, 0.5) is 11.4 Å². The lowest BCUT2D eigenvalue weighted by molar-refractivity contribution is -0.115. The Balaban J connectivity index is 0.00000341. The normalized spacial score (nSPS) is 13.6. The Morgan fingerprint density at radius 3 is 2.58 bits per heavy atom. The SMILES string of the molecule is C#Cc1cccc(NC(=O)CNC(=NC)N2CCN(c3cccc(OC)c3)CC2)c1.I. The molecule has 2 N–H and O–H groups in total. The van der Waals surface area contributed by atoms with Crippen LogP contribution in [-0.2, 0) is 4.79 Å². The van der Waals surface area contributed by atoms with Gasteiger partial charge in [-0.15, -0.1) is 30.4 Å². The topological polar surface area (TPSA) is 69.2 Å². The zero-order valence-electron chi connectivity index (χ0n) is 17.8. The molecule has 0 aliphatic carbocycles. The van der Waals surface area contributed by atoms with E-state index in [1.54, 1.807) is 20.2 Å². The van der Waals surface area contributed by atoms with E-state index in [4.69, 9.17) is 11.2 Å². The molecule has 0 radical (unpaired) electrons. The van der Waals surface area contributed by atoms with Crippen molar-refractivity contribution in [3.05, 3.63) is 54.1 Å². The molecule has 0 spiro atoms. The van der Waals surface area contributed by atoms with Crippen LogP contribution in [0.2, 0.25) is 0 Å². The Morgan fingerprint density at radius 2 is 1.90 bits per heavy atom. The van der Waals surface area contributed by atoms with Crippen molar-refractivity contribution in [3.8, 4) is 18.1 Å². The molecule has 1 saturated heterocycles. The maximum atomic E-state index is 12.3. The number of guanidine groups is 1. The first-order valence-corrected chi connectivity index (χ1v) is 9.84. The van der Waals surface area contributed by atoms with Crippen molar-refractivity contribution in [1.82, 2.24) is 10.2 Å². The van der Waals surface area contributed by atoms with Gasteiger partial charge in [-0.25, -0.2) is 0 Å². The summed E-state index contributed by atoms with van der Waals surface area (Å²) in [5.74, 6) is 3.98. The third-order valence-electron chi connectivity index (χ3n) is 4.93. The summed E-state index contributed by atoms with van der Waals surface area (Å²) in [5.41, 5.74) is 2.55. The fourth-order valence-corrected chi connectivity index (χ4v) is 3.37. The number of hydrogen-bond acceptors (Lipinski definition) is 4. The molecule has 0 atom stereocenters. The van der Waals surface area contributed by atoms with Crippen LogP contribution in [0.25, 0.3) is 0 Å². The zero-order chi connectivity index (χ0) is 21.3. The van der Waals surface area contributed by atoms with Gasteiger partial charge in [-0.2, -0.15) is 0 Å². The number of aliphatic imine (C=N–C) groups is 1. The number of carbonyl (C=O) groups is 1. The number of carbonyl (C=O) groups excluding carboxylic acids is 1. The largest absolute Gasteiger partial charge is 0.497 e. The number of nitrogens with zero attached hydrogens (tertiary/aromatic N) is 3. The molecule has 1 amide bonds. The van der Waals surface area contributed by atoms with E-state index in [0.717, 1.165) is 43.2 Å². The molecule has 1 aliphatic rings. The lowest BCUT2D eigenvalue weighted by Gasteiger charge is -2.37. The molecule has 0 unspecified atom stereocenters. The lowest BCUT2D eigenvalue weighted by Crippen LogP contribution is -2.53. The van der Waals surface area contributed by atoms with Gasteiger partial charge < -0.3 is 25.2 Å². The third kappa shape index (κ3) is 6.79. The molecule has 31 heavy (non-hydrogen) atoms. The monoisotopic (exact) mass is 533 g/mol.